The van der Waals surface area contributed by atoms with E-state index in [1.54, 1.807) is 24.3 Å². The van der Waals surface area contributed by atoms with Crippen molar-refractivity contribution in [2.45, 2.75) is 6.42 Å². The zero-order valence-electron chi connectivity index (χ0n) is 13.0. The van der Waals surface area contributed by atoms with Crippen LogP contribution in [-0.4, -0.2) is 16.7 Å². The molecule has 5 N–H and O–H groups in total. The number of nitrogens with one attached hydrogen (secondary N) is 1. The largest absolute Gasteiger partial charge is 0.385 e. The van der Waals surface area contributed by atoms with Gasteiger partial charge in [0.2, 0.25) is 11.7 Å². The highest BCUT2D eigenvalue weighted by Crippen LogP contribution is 2.33. The van der Waals surface area contributed by atoms with Gasteiger partial charge in [-0.15, -0.1) is 0 Å². The van der Waals surface area contributed by atoms with Crippen molar-refractivity contribution in [3.63, 3.8) is 0 Å². The molecule has 3 rings (SSSR count). The number of nitrogens with two attached hydrogens (primary N) is 2. The van der Waals surface area contributed by atoms with Crippen molar-refractivity contribution < 1.29 is 9.59 Å². The number of hydrogen-bond donors (Lipinski definition) is 3. The predicted octanol–water partition coefficient (Wildman–Crippen LogP) is 2.52. The molecule has 0 aliphatic rings. The summed E-state index contributed by atoms with van der Waals surface area (Å²) in [5.41, 5.74) is 14.3. The van der Waals surface area contributed by atoms with Gasteiger partial charge in [0, 0.05) is 16.7 Å². The van der Waals surface area contributed by atoms with Gasteiger partial charge in [-0.3, -0.25) is 9.59 Å². The van der Waals surface area contributed by atoms with E-state index in [2.05, 4.69) is 4.98 Å². The topological polar surface area (TPSA) is 102 Å². The van der Waals surface area contributed by atoms with Gasteiger partial charge in [-0.25, -0.2) is 0 Å². The van der Waals surface area contributed by atoms with Crippen molar-refractivity contribution in [1.82, 2.24) is 4.98 Å². The van der Waals surface area contributed by atoms with Crippen LogP contribution in [0.4, 0.5) is 5.82 Å². The summed E-state index contributed by atoms with van der Waals surface area (Å²) in [5.74, 6) is -0.402. The number of ketones is 1. The maximum atomic E-state index is 12.9. The Balaban J connectivity index is 2.19. The molecule has 0 saturated carbocycles. The molecule has 0 spiro atoms. The number of aromatic amines is 1. The number of aromatic nitrogens is 1. The lowest BCUT2D eigenvalue weighted by atomic mass is 9.95. The first-order chi connectivity index (χ1) is 11.6. The molecule has 120 valence electrons. The van der Waals surface area contributed by atoms with Gasteiger partial charge >= 0.3 is 0 Å². The summed E-state index contributed by atoms with van der Waals surface area (Å²) >= 11 is 0. The fourth-order valence-corrected chi connectivity index (χ4v) is 2.74. The van der Waals surface area contributed by atoms with E-state index in [0.29, 0.717) is 22.4 Å². The van der Waals surface area contributed by atoms with Crippen molar-refractivity contribution in [3.05, 3.63) is 77.5 Å². The first-order valence-corrected chi connectivity index (χ1v) is 7.51. The number of anilines is 1. The number of carbonyl (C=O) groups is 2. The normalized spacial score (nSPS) is 10.5. The minimum atomic E-state index is -0.503. The van der Waals surface area contributed by atoms with Crippen LogP contribution in [0.2, 0.25) is 0 Å². The van der Waals surface area contributed by atoms with E-state index in [4.69, 9.17) is 11.5 Å². The number of amides is 1. The van der Waals surface area contributed by atoms with Gasteiger partial charge in [0.05, 0.1) is 12.1 Å². The molecule has 2 aromatic carbocycles. The van der Waals surface area contributed by atoms with Crippen LogP contribution < -0.4 is 11.5 Å². The molecule has 0 unspecified atom stereocenters. The van der Waals surface area contributed by atoms with E-state index in [0.717, 1.165) is 5.56 Å². The molecule has 5 nitrogen and oxygen atoms in total. The average Bonchev–Trinajstić information content (AvgIpc) is 2.92. The number of hydrogen-bond acceptors (Lipinski definition) is 3. The SMILES string of the molecule is NC(=O)Cc1c(N)[nH]c(C(=O)c2ccccc2)c1-c1ccccc1. The maximum Gasteiger partial charge on any atom is 0.222 e. The van der Waals surface area contributed by atoms with Gasteiger partial charge in [0.1, 0.15) is 5.82 Å². The molecule has 24 heavy (non-hydrogen) atoms. The Morgan fingerprint density at radius 2 is 1.50 bits per heavy atom. The van der Waals surface area contributed by atoms with Gasteiger partial charge in [-0.05, 0) is 5.56 Å². The molecule has 0 atom stereocenters. The van der Waals surface area contributed by atoms with Crippen LogP contribution in [0.5, 0.6) is 0 Å². The molecule has 5 heteroatoms. The summed E-state index contributed by atoms with van der Waals surface area (Å²) in [5, 5.41) is 0. The number of carbonyl (C=O) groups excluding carboxylic acids is 2. The van der Waals surface area contributed by atoms with Crippen molar-refractivity contribution >= 4 is 17.5 Å². The van der Waals surface area contributed by atoms with Crippen LogP contribution in [-0.2, 0) is 11.2 Å². The average molecular weight is 319 g/mol. The third kappa shape index (κ3) is 2.92. The zero-order valence-corrected chi connectivity index (χ0v) is 13.0. The lowest BCUT2D eigenvalue weighted by Gasteiger charge is -2.07. The standard InChI is InChI=1S/C19H17N3O2/c20-15(23)11-14-16(12-7-3-1-4-8-12)17(22-19(14)21)18(24)13-9-5-2-6-10-13/h1-10,22H,11,21H2,(H2,20,23). The maximum absolute atomic E-state index is 12.9. The summed E-state index contributed by atoms with van der Waals surface area (Å²) in [7, 11) is 0. The van der Waals surface area contributed by atoms with Gasteiger partial charge in [-0.2, -0.15) is 0 Å². The summed E-state index contributed by atoms with van der Waals surface area (Å²) in [6.45, 7) is 0. The first-order valence-electron chi connectivity index (χ1n) is 7.51. The Morgan fingerprint density at radius 3 is 2.08 bits per heavy atom. The molecule has 1 aromatic heterocycles. The minimum Gasteiger partial charge on any atom is -0.385 e. The Labute approximate surface area is 139 Å². The number of primary amides is 1. The van der Waals surface area contributed by atoms with Crippen molar-refractivity contribution in [2.24, 2.45) is 5.73 Å². The van der Waals surface area contributed by atoms with Gasteiger partial charge in [-0.1, -0.05) is 60.7 Å². The number of nitrogen functional groups attached to an aromatic ring is 1. The summed E-state index contributed by atoms with van der Waals surface area (Å²) in [4.78, 5) is 27.2. The number of rotatable bonds is 5. The molecule has 0 aliphatic heterocycles. The fraction of sp³-hybridized carbons (Fsp3) is 0.0526. The smallest absolute Gasteiger partial charge is 0.222 e. The third-order valence-electron chi connectivity index (χ3n) is 3.81. The van der Waals surface area contributed by atoms with E-state index in [1.165, 1.54) is 0 Å². The van der Waals surface area contributed by atoms with E-state index in [-0.39, 0.29) is 18.0 Å². The molecule has 1 amide bonds. The molecule has 0 aliphatic carbocycles. The summed E-state index contributed by atoms with van der Waals surface area (Å²) < 4.78 is 0. The van der Waals surface area contributed by atoms with E-state index in [9.17, 15) is 9.59 Å². The van der Waals surface area contributed by atoms with E-state index in [1.807, 2.05) is 36.4 Å². The van der Waals surface area contributed by atoms with Crippen LogP contribution >= 0.6 is 0 Å². The molecule has 0 bridgehead atoms. The quantitative estimate of drug-likeness (QED) is 0.630. The molecular weight excluding hydrogens is 302 g/mol. The van der Waals surface area contributed by atoms with Crippen molar-refractivity contribution in [1.29, 1.82) is 0 Å². The molecule has 0 saturated heterocycles. The van der Waals surface area contributed by atoms with Gasteiger partial charge in [0.25, 0.3) is 0 Å². The van der Waals surface area contributed by atoms with Gasteiger partial charge < -0.3 is 16.5 Å². The molecular formula is C19H17N3O2. The second-order valence-corrected chi connectivity index (χ2v) is 5.47. The Morgan fingerprint density at radius 1 is 0.917 bits per heavy atom. The second-order valence-electron chi connectivity index (χ2n) is 5.47. The van der Waals surface area contributed by atoms with E-state index < -0.39 is 5.91 Å². The molecule has 3 aromatic rings. The monoisotopic (exact) mass is 319 g/mol. The molecule has 1 heterocycles. The van der Waals surface area contributed by atoms with Crippen molar-refractivity contribution in [3.8, 4) is 11.1 Å². The Bertz CT molecular complexity index is 884. The van der Waals surface area contributed by atoms with Crippen LogP contribution in [0.1, 0.15) is 21.6 Å². The Hall–Kier alpha value is -3.34. The summed E-state index contributed by atoms with van der Waals surface area (Å²) in [6.07, 6.45) is -0.0331. The second kappa shape index (κ2) is 6.42. The van der Waals surface area contributed by atoms with Crippen LogP contribution in [0, 0.1) is 0 Å². The highest BCUT2D eigenvalue weighted by molar-refractivity contribution is 6.13. The highest BCUT2D eigenvalue weighted by Gasteiger charge is 2.23. The molecule has 0 radical (unpaired) electrons. The zero-order chi connectivity index (χ0) is 17.1. The lowest BCUT2D eigenvalue weighted by Crippen LogP contribution is -2.14. The fourth-order valence-electron chi connectivity index (χ4n) is 2.74. The third-order valence-corrected chi connectivity index (χ3v) is 3.81. The van der Waals surface area contributed by atoms with Gasteiger partial charge in [0.15, 0.2) is 0 Å². The van der Waals surface area contributed by atoms with Crippen LogP contribution in [0.15, 0.2) is 60.7 Å². The van der Waals surface area contributed by atoms with E-state index >= 15 is 0 Å². The Kier molecular flexibility index (Phi) is 4.16. The first kappa shape index (κ1) is 15.6. The van der Waals surface area contributed by atoms with Crippen LogP contribution in [0.3, 0.4) is 0 Å². The predicted molar refractivity (Wildman–Crippen MR) is 93.4 cm³/mol. The number of H-pyrrole nitrogens is 1. The summed E-state index contributed by atoms with van der Waals surface area (Å²) in [6, 6.07) is 18.3. The minimum absolute atomic E-state index is 0.0331. The number of benzene rings is 2. The highest BCUT2D eigenvalue weighted by atomic mass is 16.1. The van der Waals surface area contributed by atoms with Crippen LogP contribution in [0.25, 0.3) is 11.1 Å². The molecule has 0 fully saturated rings. The van der Waals surface area contributed by atoms with Crippen molar-refractivity contribution in [2.75, 3.05) is 5.73 Å². The lowest BCUT2D eigenvalue weighted by molar-refractivity contribution is -0.117.